The molecule has 2 aromatic carbocycles. The van der Waals surface area contributed by atoms with Gasteiger partial charge in [-0.25, -0.2) is 4.98 Å². The number of anilines is 1. The Morgan fingerprint density at radius 2 is 1.86 bits per heavy atom. The first kappa shape index (κ1) is 20.4. The Morgan fingerprint density at radius 1 is 1.10 bits per heavy atom. The number of hydrogen-bond acceptors (Lipinski definition) is 5. The molecule has 0 atom stereocenters. The van der Waals surface area contributed by atoms with E-state index in [1.807, 2.05) is 67.6 Å². The number of nitrogens with zero attached hydrogens (tertiary/aromatic N) is 2. The highest BCUT2D eigenvalue weighted by Gasteiger charge is 2.11. The van der Waals surface area contributed by atoms with Gasteiger partial charge in [0.25, 0.3) is 0 Å². The molecule has 0 aliphatic carbocycles. The van der Waals surface area contributed by atoms with E-state index in [1.54, 1.807) is 6.07 Å². The molecule has 5 nitrogen and oxygen atoms in total. The van der Waals surface area contributed by atoms with Gasteiger partial charge < -0.3 is 10.1 Å². The lowest BCUT2D eigenvalue weighted by Crippen LogP contribution is -2.13. The Kier molecular flexibility index (Phi) is 7.26. The maximum absolute atomic E-state index is 12.3. The van der Waals surface area contributed by atoms with Gasteiger partial charge in [-0.2, -0.15) is 5.26 Å². The van der Waals surface area contributed by atoms with Crippen LogP contribution in [0.5, 0.6) is 5.75 Å². The number of hydrogen-bond donors (Lipinski definition) is 1. The van der Waals surface area contributed by atoms with E-state index in [9.17, 15) is 10.1 Å². The van der Waals surface area contributed by atoms with Crippen LogP contribution in [0.4, 0.5) is 5.69 Å². The molecule has 146 valence electrons. The fraction of sp³-hybridized carbons (Fsp3) is 0.174. The number of benzene rings is 2. The molecule has 3 aromatic rings. The minimum Gasteiger partial charge on any atom is -0.492 e. The van der Waals surface area contributed by atoms with Gasteiger partial charge in [0.05, 0.1) is 23.6 Å². The average Bonchev–Trinajstić information content (AvgIpc) is 2.76. The molecule has 0 bridgehead atoms. The number of carbonyl (C=O) groups is 1. The van der Waals surface area contributed by atoms with Gasteiger partial charge in [-0.15, -0.1) is 11.8 Å². The summed E-state index contributed by atoms with van der Waals surface area (Å²) in [7, 11) is 0. The van der Waals surface area contributed by atoms with Crippen molar-refractivity contribution < 1.29 is 9.53 Å². The highest BCUT2D eigenvalue weighted by Crippen LogP contribution is 2.27. The van der Waals surface area contributed by atoms with E-state index in [0.717, 1.165) is 11.3 Å². The zero-order valence-electron chi connectivity index (χ0n) is 16.1. The number of rotatable bonds is 8. The van der Waals surface area contributed by atoms with Crippen LogP contribution in [0.2, 0.25) is 0 Å². The third kappa shape index (κ3) is 5.59. The van der Waals surface area contributed by atoms with Crippen LogP contribution in [0.3, 0.4) is 0 Å². The van der Waals surface area contributed by atoms with Crippen molar-refractivity contribution in [2.24, 2.45) is 0 Å². The van der Waals surface area contributed by atoms with Gasteiger partial charge in [0, 0.05) is 17.7 Å². The van der Waals surface area contributed by atoms with E-state index in [4.69, 9.17) is 4.74 Å². The van der Waals surface area contributed by atoms with Gasteiger partial charge in [0.1, 0.15) is 16.8 Å². The van der Waals surface area contributed by atoms with E-state index in [2.05, 4.69) is 16.4 Å². The van der Waals surface area contributed by atoms with Gasteiger partial charge in [0.15, 0.2) is 0 Å². The van der Waals surface area contributed by atoms with Gasteiger partial charge >= 0.3 is 0 Å². The number of nitrogens with one attached hydrogen (secondary N) is 1. The largest absolute Gasteiger partial charge is 0.492 e. The van der Waals surface area contributed by atoms with Crippen molar-refractivity contribution in [1.29, 1.82) is 5.26 Å². The molecule has 0 aliphatic rings. The fourth-order valence-corrected chi connectivity index (χ4v) is 3.62. The van der Waals surface area contributed by atoms with Crippen molar-refractivity contribution in [3.63, 3.8) is 0 Å². The van der Waals surface area contributed by atoms with Gasteiger partial charge in [-0.3, -0.25) is 4.79 Å². The molecule has 0 unspecified atom stereocenters. The summed E-state index contributed by atoms with van der Waals surface area (Å²) in [6, 6.07) is 23.0. The summed E-state index contributed by atoms with van der Waals surface area (Å²) in [5.41, 5.74) is 2.97. The molecule has 0 spiro atoms. The van der Waals surface area contributed by atoms with Gasteiger partial charge in [-0.1, -0.05) is 42.5 Å². The highest BCUT2D eigenvalue weighted by molar-refractivity contribution is 7.99. The Balaban J connectivity index is 1.63. The second kappa shape index (κ2) is 10.3. The fourth-order valence-electron chi connectivity index (χ4n) is 2.71. The van der Waals surface area contributed by atoms with Crippen LogP contribution >= 0.6 is 11.8 Å². The van der Waals surface area contributed by atoms with Crippen LogP contribution in [0.1, 0.15) is 18.9 Å². The third-order valence-corrected chi connectivity index (χ3v) is 5.07. The lowest BCUT2D eigenvalue weighted by molar-refractivity contribution is -0.115. The number of nitriles is 1. The lowest BCUT2D eigenvalue weighted by atomic mass is 10.1. The summed E-state index contributed by atoms with van der Waals surface area (Å²) in [5.74, 6) is 1.06. The Morgan fingerprint density at radius 3 is 2.62 bits per heavy atom. The second-order valence-corrected chi connectivity index (χ2v) is 7.19. The normalized spacial score (nSPS) is 10.2. The maximum atomic E-state index is 12.3. The summed E-state index contributed by atoms with van der Waals surface area (Å²) in [5, 5.41) is 12.9. The standard InChI is InChI=1S/C23H21N3O2S/c1-2-28-21-11-7-6-10-20(21)25-22(27)14-15-29-23-18(16-24)12-13-19(26-23)17-8-4-3-5-9-17/h3-13H,2,14-15H2,1H3,(H,25,27). The van der Waals surface area contributed by atoms with Gasteiger partial charge in [-0.05, 0) is 31.2 Å². The molecule has 0 fully saturated rings. The van der Waals surface area contributed by atoms with Crippen molar-refractivity contribution >= 4 is 23.4 Å². The quantitative estimate of drug-likeness (QED) is 0.527. The topological polar surface area (TPSA) is 75.0 Å². The predicted octanol–water partition coefficient (Wildman–Crippen LogP) is 5.14. The molecule has 6 heteroatoms. The molecule has 1 amide bonds. The molecular weight excluding hydrogens is 382 g/mol. The maximum Gasteiger partial charge on any atom is 0.225 e. The smallest absolute Gasteiger partial charge is 0.225 e. The number of para-hydroxylation sites is 2. The molecule has 0 aliphatic heterocycles. The number of carbonyl (C=O) groups excluding carboxylic acids is 1. The minimum absolute atomic E-state index is 0.109. The van der Waals surface area contributed by atoms with Crippen LogP contribution in [0.15, 0.2) is 71.8 Å². The number of pyridine rings is 1. The summed E-state index contributed by atoms with van der Waals surface area (Å²) < 4.78 is 5.53. The zero-order valence-corrected chi connectivity index (χ0v) is 16.9. The third-order valence-electron chi connectivity index (χ3n) is 4.08. The van der Waals surface area contributed by atoms with E-state index in [1.165, 1.54) is 11.8 Å². The molecule has 0 saturated heterocycles. The number of aromatic nitrogens is 1. The number of thioether (sulfide) groups is 1. The minimum atomic E-state index is -0.109. The highest BCUT2D eigenvalue weighted by atomic mass is 32.2. The zero-order chi connectivity index (χ0) is 20.5. The van der Waals surface area contributed by atoms with Crippen molar-refractivity contribution in [2.45, 2.75) is 18.4 Å². The summed E-state index contributed by atoms with van der Waals surface area (Å²) in [4.78, 5) is 17.0. The molecule has 29 heavy (non-hydrogen) atoms. The predicted molar refractivity (Wildman–Crippen MR) is 116 cm³/mol. The van der Waals surface area contributed by atoms with Crippen LogP contribution in [-0.2, 0) is 4.79 Å². The first-order valence-electron chi connectivity index (χ1n) is 9.32. The average molecular weight is 404 g/mol. The Labute approximate surface area is 174 Å². The molecule has 0 radical (unpaired) electrons. The first-order chi connectivity index (χ1) is 14.2. The van der Waals surface area contributed by atoms with Crippen LogP contribution in [-0.4, -0.2) is 23.3 Å². The molecule has 1 heterocycles. The summed E-state index contributed by atoms with van der Waals surface area (Å²) >= 11 is 1.41. The molecule has 0 saturated carbocycles. The van der Waals surface area contributed by atoms with Crippen molar-refractivity contribution in [1.82, 2.24) is 4.98 Å². The van der Waals surface area contributed by atoms with Gasteiger partial charge in [0.2, 0.25) is 5.91 Å². The Hall–Kier alpha value is -3.30. The van der Waals surface area contributed by atoms with E-state index < -0.39 is 0 Å². The SMILES string of the molecule is CCOc1ccccc1NC(=O)CCSc1nc(-c2ccccc2)ccc1C#N. The van der Waals surface area contributed by atoms with Crippen molar-refractivity contribution in [3.05, 3.63) is 72.3 Å². The van der Waals surface area contributed by atoms with Crippen LogP contribution in [0.25, 0.3) is 11.3 Å². The van der Waals surface area contributed by atoms with Crippen molar-refractivity contribution in [2.75, 3.05) is 17.7 Å². The second-order valence-electron chi connectivity index (χ2n) is 6.10. The van der Waals surface area contributed by atoms with E-state index >= 15 is 0 Å². The monoisotopic (exact) mass is 403 g/mol. The first-order valence-corrected chi connectivity index (χ1v) is 10.3. The van der Waals surface area contributed by atoms with E-state index in [0.29, 0.717) is 40.8 Å². The number of amides is 1. The summed E-state index contributed by atoms with van der Waals surface area (Å²) in [6.45, 7) is 2.43. The molecule has 1 aromatic heterocycles. The van der Waals surface area contributed by atoms with E-state index in [-0.39, 0.29) is 5.91 Å². The van der Waals surface area contributed by atoms with Crippen LogP contribution in [0, 0.1) is 11.3 Å². The molecular formula is C23H21N3O2S. The summed E-state index contributed by atoms with van der Waals surface area (Å²) in [6.07, 6.45) is 0.299. The Bertz CT molecular complexity index is 1020. The lowest BCUT2D eigenvalue weighted by Gasteiger charge is -2.11. The number of ether oxygens (including phenoxy) is 1. The van der Waals surface area contributed by atoms with Crippen molar-refractivity contribution in [3.8, 4) is 23.1 Å². The van der Waals surface area contributed by atoms with Crippen LogP contribution < -0.4 is 10.1 Å². The molecule has 3 rings (SSSR count). The molecule has 1 N–H and O–H groups in total.